The maximum absolute atomic E-state index is 13.8. The number of fused-ring (bicyclic) bond motifs is 3. The summed E-state index contributed by atoms with van der Waals surface area (Å²) in [4.78, 5) is 56.1. The first kappa shape index (κ1) is 39.4. The van der Waals surface area contributed by atoms with E-state index in [-0.39, 0.29) is 14.8 Å². The molecule has 1 N–H and O–H groups in total. The van der Waals surface area contributed by atoms with Crippen LogP contribution in [0.25, 0.3) is 22.6 Å². The van der Waals surface area contributed by atoms with Gasteiger partial charge in [-0.3, -0.25) is 28.6 Å². The number of unbranched alkanes of at least 4 members (excludes halogenated alkanes) is 5. The molecule has 0 spiro atoms. The number of thioether (sulfide) groups is 1. The number of carboxylic acid groups (broad SMARTS) is 1. The van der Waals surface area contributed by atoms with Crippen LogP contribution in [0.2, 0.25) is 0 Å². The van der Waals surface area contributed by atoms with Crippen molar-refractivity contribution in [1.82, 2.24) is 9.47 Å². The molecule has 2 amide bonds. The SMILES string of the molecule is CCCCCCCCN1C(=O)S/C(=c2\s/c(=C/c3ccc4c(c3)C3CCCC3N4c3ccc(C=C(c4ccccc4)c4ccccc4)cc3)c(=O)n2CC(=O)O)C1=O. The Labute approximate surface area is 346 Å². The number of carboxylic acids is 1. The van der Waals surface area contributed by atoms with Crippen molar-refractivity contribution in [2.75, 3.05) is 11.4 Å². The lowest BCUT2D eigenvalue weighted by molar-refractivity contribution is -0.137. The number of thiazole rings is 1. The smallest absolute Gasteiger partial charge is 0.323 e. The summed E-state index contributed by atoms with van der Waals surface area (Å²) in [5, 5.41) is 9.36. The van der Waals surface area contributed by atoms with E-state index in [4.69, 9.17) is 0 Å². The average Bonchev–Trinajstić information content (AvgIpc) is 3.98. The van der Waals surface area contributed by atoms with E-state index in [0.29, 0.717) is 29.5 Å². The lowest BCUT2D eigenvalue weighted by Crippen LogP contribution is -2.35. The number of aliphatic carboxylic acids is 1. The van der Waals surface area contributed by atoms with Gasteiger partial charge < -0.3 is 10.0 Å². The summed E-state index contributed by atoms with van der Waals surface area (Å²) in [7, 11) is 0. The number of benzene rings is 4. The van der Waals surface area contributed by atoms with E-state index in [9.17, 15) is 24.3 Å². The lowest BCUT2D eigenvalue weighted by atomic mass is 9.95. The predicted octanol–water partition coefficient (Wildman–Crippen LogP) is 9.36. The third-order valence-corrected chi connectivity index (χ3v) is 13.7. The van der Waals surface area contributed by atoms with Gasteiger partial charge in [0.25, 0.3) is 16.7 Å². The Morgan fingerprint density at radius 2 is 1.48 bits per heavy atom. The van der Waals surface area contributed by atoms with Crippen LogP contribution in [0.4, 0.5) is 16.2 Å². The molecular weight excluding hydrogens is 763 g/mol. The molecule has 296 valence electrons. The van der Waals surface area contributed by atoms with Gasteiger partial charge in [-0.25, -0.2) is 0 Å². The van der Waals surface area contributed by atoms with Crippen LogP contribution >= 0.6 is 23.1 Å². The molecule has 4 aromatic carbocycles. The van der Waals surface area contributed by atoms with E-state index in [1.165, 1.54) is 22.5 Å². The van der Waals surface area contributed by atoms with E-state index in [2.05, 4.69) is 103 Å². The second-order valence-electron chi connectivity index (χ2n) is 15.3. The summed E-state index contributed by atoms with van der Waals surface area (Å²) in [6.07, 6.45) is 13.5. The molecule has 58 heavy (non-hydrogen) atoms. The largest absolute Gasteiger partial charge is 0.480 e. The Kier molecular flexibility index (Phi) is 11.9. The fraction of sp³-hybridized carbons (Fsp3) is 0.292. The number of imide groups is 1. The van der Waals surface area contributed by atoms with E-state index >= 15 is 0 Å². The van der Waals surface area contributed by atoms with Crippen LogP contribution in [0, 0.1) is 0 Å². The van der Waals surface area contributed by atoms with Gasteiger partial charge in [-0.05, 0) is 101 Å². The molecule has 8 nitrogen and oxygen atoms in total. The lowest BCUT2D eigenvalue weighted by Gasteiger charge is -2.27. The molecular formula is C48H47N3O5S2. The average molecular weight is 810 g/mol. The number of hydrogen-bond donors (Lipinski definition) is 1. The molecule has 2 fully saturated rings. The molecule has 1 aliphatic carbocycles. The topological polar surface area (TPSA) is 99.9 Å². The van der Waals surface area contributed by atoms with Crippen LogP contribution in [0.5, 0.6) is 0 Å². The number of carbonyl (C=O) groups is 3. The van der Waals surface area contributed by atoms with Gasteiger partial charge in [0.15, 0.2) is 0 Å². The first-order chi connectivity index (χ1) is 28.3. The van der Waals surface area contributed by atoms with Gasteiger partial charge in [-0.2, -0.15) is 0 Å². The van der Waals surface area contributed by atoms with Crippen LogP contribution in [0.3, 0.4) is 0 Å². The minimum absolute atomic E-state index is 0.121. The van der Waals surface area contributed by atoms with Crippen LogP contribution in [0.1, 0.15) is 98.4 Å². The molecule has 5 aromatic rings. The minimum atomic E-state index is -1.19. The number of nitrogens with zero attached hydrogens (tertiary/aromatic N) is 3. The zero-order valence-electron chi connectivity index (χ0n) is 32.6. The van der Waals surface area contributed by atoms with Gasteiger partial charge in [-0.15, -0.1) is 11.3 Å². The van der Waals surface area contributed by atoms with Gasteiger partial charge in [-0.1, -0.05) is 124 Å². The van der Waals surface area contributed by atoms with Crippen molar-refractivity contribution in [3.05, 3.63) is 150 Å². The van der Waals surface area contributed by atoms with Crippen molar-refractivity contribution in [2.45, 2.75) is 83.2 Å². The van der Waals surface area contributed by atoms with Crippen molar-refractivity contribution in [1.29, 1.82) is 0 Å². The number of amides is 2. The molecule has 3 aliphatic rings. The Morgan fingerprint density at radius 1 is 0.810 bits per heavy atom. The normalized spacial score (nSPS) is 18.5. The van der Waals surface area contributed by atoms with Crippen molar-refractivity contribution in [3.8, 4) is 0 Å². The van der Waals surface area contributed by atoms with Gasteiger partial charge in [0.2, 0.25) is 0 Å². The third-order valence-electron chi connectivity index (χ3n) is 11.5. The number of anilines is 2. The fourth-order valence-electron chi connectivity index (χ4n) is 8.66. The summed E-state index contributed by atoms with van der Waals surface area (Å²) >= 11 is 1.87. The number of carbonyl (C=O) groups excluding carboxylic acids is 2. The highest BCUT2D eigenvalue weighted by molar-refractivity contribution is 8.23. The summed E-state index contributed by atoms with van der Waals surface area (Å²) in [5.74, 6) is -1.31. The Hall–Kier alpha value is -5.45. The van der Waals surface area contributed by atoms with E-state index < -0.39 is 24.0 Å². The standard InChI is InChI=1S/C48H47N3O5S2/c1-2-3-4-5-6-13-27-49-46(55)44(58-48(49)56)47-50(31-43(52)53)45(54)42(57-47)30-33-23-26-41-39(29-33)37-19-14-20-40(37)51(41)36-24-21-32(22-25-36)28-38(34-15-9-7-10-16-34)35-17-11-8-12-18-35/h7-12,15-18,21-26,28-30,37,40H,2-6,13-14,19-20,27,31H2,1H3,(H,52,53)/b42-30+,47-44-. The molecule has 1 saturated heterocycles. The zero-order valence-corrected chi connectivity index (χ0v) is 34.3. The Balaban J connectivity index is 1.09. The van der Waals surface area contributed by atoms with Crippen molar-refractivity contribution in [3.63, 3.8) is 0 Å². The minimum Gasteiger partial charge on any atom is -0.480 e. The van der Waals surface area contributed by atoms with Gasteiger partial charge >= 0.3 is 5.97 Å². The highest BCUT2D eigenvalue weighted by Crippen LogP contribution is 2.52. The van der Waals surface area contributed by atoms with Gasteiger partial charge in [0, 0.05) is 29.9 Å². The van der Waals surface area contributed by atoms with E-state index in [1.807, 2.05) is 18.2 Å². The van der Waals surface area contributed by atoms with Crippen LogP contribution < -0.4 is 19.7 Å². The van der Waals surface area contributed by atoms with Crippen LogP contribution in [0.15, 0.2) is 108 Å². The number of rotatable bonds is 14. The predicted molar refractivity (Wildman–Crippen MR) is 236 cm³/mol. The van der Waals surface area contributed by atoms with E-state index in [1.54, 1.807) is 6.08 Å². The monoisotopic (exact) mass is 809 g/mol. The molecule has 0 bridgehead atoms. The molecule has 1 aromatic heterocycles. The molecule has 2 aliphatic heterocycles. The van der Waals surface area contributed by atoms with Crippen molar-refractivity contribution in [2.24, 2.45) is 0 Å². The van der Waals surface area contributed by atoms with Crippen LogP contribution in [-0.2, 0) is 16.1 Å². The highest BCUT2D eigenvalue weighted by Gasteiger charge is 2.42. The summed E-state index contributed by atoms with van der Waals surface area (Å²) in [6.45, 7) is 1.87. The van der Waals surface area contributed by atoms with Crippen molar-refractivity contribution < 1.29 is 19.5 Å². The zero-order chi connectivity index (χ0) is 40.2. The maximum Gasteiger partial charge on any atom is 0.323 e. The number of hydrogen-bond acceptors (Lipinski definition) is 7. The quantitative estimate of drug-likeness (QED) is 0.0882. The first-order valence-corrected chi connectivity index (χ1v) is 22.0. The second kappa shape index (κ2) is 17.6. The Morgan fingerprint density at radius 3 is 2.17 bits per heavy atom. The molecule has 2 unspecified atom stereocenters. The van der Waals surface area contributed by atoms with Crippen LogP contribution in [-0.4, -0.2) is 44.3 Å². The second-order valence-corrected chi connectivity index (χ2v) is 17.3. The van der Waals surface area contributed by atoms with Gasteiger partial charge in [0.05, 0.1) is 4.53 Å². The molecule has 3 heterocycles. The van der Waals surface area contributed by atoms with Gasteiger partial charge in [0.1, 0.15) is 16.1 Å². The summed E-state index contributed by atoms with van der Waals surface area (Å²) in [5.41, 5.74) is 8.51. The third kappa shape index (κ3) is 8.13. The summed E-state index contributed by atoms with van der Waals surface area (Å²) < 4.78 is 1.67. The Bertz CT molecular complexity index is 2500. The summed E-state index contributed by atoms with van der Waals surface area (Å²) in [6, 6.07) is 36.3. The highest BCUT2D eigenvalue weighted by atomic mass is 32.2. The number of aromatic nitrogens is 1. The first-order valence-electron chi connectivity index (χ1n) is 20.4. The molecule has 8 rings (SSSR count). The van der Waals surface area contributed by atoms with E-state index in [0.717, 1.165) is 106 Å². The molecule has 2 atom stereocenters. The molecule has 10 heteroatoms. The maximum atomic E-state index is 13.8. The molecule has 0 radical (unpaired) electrons. The molecule has 1 saturated carbocycles. The van der Waals surface area contributed by atoms with Crippen molar-refractivity contribution >= 4 is 74.2 Å². The fourth-order valence-corrected chi connectivity index (χ4v) is 10.8.